The second kappa shape index (κ2) is 24.3. The van der Waals surface area contributed by atoms with Gasteiger partial charge in [0.2, 0.25) is 5.91 Å². The first-order valence-corrected chi connectivity index (χ1v) is 29.0. The maximum absolute atomic E-state index is 15.5. The predicted molar refractivity (Wildman–Crippen MR) is 298 cm³/mol. The van der Waals surface area contributed by atoms with Crippen LogP contribution in [0.5, 0.6) is 5.75 Å². The van der Waals surface area contributed by atoms with E-state index in [4.69, 9.17) is 28.4 Å². The summed E-state index contributed by atoms with van der Waals surface area (Å²) >= 11 is 0. The van der Waals surface area contributed by atoms with Crippen molar-refractivity contribution >= 4 is 46.3 Å². The van der Waals surface area contributed by atoms with Crippen molar-refractivity contribution in [2.75, 3.05) is 85.7 Å². The molecule has 6 aliphatic rings. The number of rotatable bonds is 23. The first-order chi connectivity index (χ1) is 38.9. The number of para-hydroxylation sites is 1. The van der Waals surface area contributed by atoms with E-state index in [0.29, 0.717) is 93.9 Å². The Hall–Kier alpha value is -5.65. The van der Waals surface area contributed by atoms with Gasteiger partial charge in [0.15, 0.2) is 11.9 Å². The summed E-state index contributed by atoms with van der Waals surface area (Å²) in [7, 11) is 4.37. The molecule has 6 unspecified atom stereocenters. The maximum atomic E-state index is 15.5. The number of anilines is 1. The highest BCUT2D eigenvalue weighted by atomic mass is 16.7. The van der Waals surface area contributed by atoms with Crippen molar-refractivity contribution in [3.63, 3.8) is 0 Å². The third-order valence-electron chi connectivity index (χ3n) is 18.8. The summed E-state index contributed by atoms with van der Waals surface area (Å²) < 4.78 is 33.7. The maximum Gasteiger partial charge on any atom is 0.328 e. The van der Waals surface area contributed by atoms with Crippen molar-refractivity contribution in [2.24, 2.45) is 11.3 Å². The van der Waals surface area contributed by atoms with Crippen molar-refractivity contribution in [2.45, 2.75) is 157 Å². The minimum Gasteiger partial charge on any atom is -0.496 e. The molecule has 5 aliphatic heterocycles. The number of carbonyl (C=O) groups excluding carboxylic acids is 5. The van der Waals surface area contributed by atoms with Gasteiger partial charge in [-0.2, -0.15) is 0 Å². The van der Waals surface area contributed by atoms with Crippen molar-refractivity contribution < 1.29 is 72.8 Å². The van der Waals surface area contributed by atoms with E-state index in [-0.39, 0.29) is 64.4 Å². The lowest BCUT2D eigenvalue weighted by atomic mass is 9.47. The molecule has 21 nitrogen and oxygen atoms in total. The lowest BCUT2D eigenvalue weighted by Crippen LogP contribution is -2.80. The molecule has 8 N–H and O–H groups in total. The zero-order valence-corrected chi connectivity index (χ0v) is 48.0. The standard InChI is InChI=1S/C60H84N6O15/c1-8-38(33-67)81-48(77-6)34-80-47(69)19-13-18-46(68)62-36(4)50(70)79-27-15-23-61-54(72)60(75)51-58(22-26-66-24-14-21-57(10-3,52(58)66)53(60)71)41-28-42(45(76-5)29-44(41)64-51)59(55(73)78-7)31-37-30-56(74,9-2)35-65(32-37)25-20-40-39-16-11-12-17-43(39)63-49(40)59/h11-12,14,16-17,21,28-29,36-38,48,51-53,63-64,67,71,74-75H,8-10,13,15,18-20,22-27,30-35H2,1-7H3,(H,61,72)(H,62,68)/t36-,37-,38?,48?,51?,52?,53-,56?,57-,58+,59+,60+/m1/s1. The van der Waals surface area contributed by atoms with Gasteiger partial charge in [0.05, 0.1) is 45.2 Å². The molecule has 9 rings (SSSR count). The van der Waals surface area contributed by atoms with Crippen LogP contribution >= 0.6 is 0 Å². The lowest BCUT2D eigenvalue weighted by Gasteiger charge is -2.62. The largest absolute Gasteiger partial charge is 0.496 e. The Balaban J connectivity index is 0.947. The summed E-state index contributed by atoms with van der Waals surface area (Å²) in [4.78, 5) is 76.9. The fourth-order valence-electron chi connectivity index (χ4n) is 14.9. The molecule has 2 aromatic carbocycles. The number of fused-ring (bicyclic) bond motifs is 6. The molecule has 13 atom stereocenters. The molecule has 3 fully saturated rings. The predicted octanol–water partition coefficient (Wildman–Crippen LogP) is 3.25. The highest BCUT2D eigenvalue weighted by Crippen LogP contribution is 2.66. The summed E-state index contributed by atoms with van der Waals surface area (Å²) in [6.45, 7) is 9.76. The van der Waals surface area contributed by atoms with E-state index in [0.717, 1.165) is 22.0 Å². The van der Waals surface area contributed by atoms with Crippen molar-refractivity contribution in [3.05, 3.63) is 70.9 Å². The van der Waals surface area contributed by atoms with E-state index in [9.17, 15) is 34.8 Å². The van der Waals surface area contributed by atoms with Crippen LogP contribution in [0.3, 0.4) is 0 Å². The second-order valence-corrected chi connectivity index (χ2v) is 23.3. The molecule has 3 aromatic rings. The average molecular weight is 1130 g/mol. The molecule has 2 bridgehead atoms. The highest BCUT2D eigenvalue weighted by Gasteiger charge is 2.77. The molecule has 2 saturated heterocycles. The Bertz CT molecular complexity index is 2840. The first kappa shape index (κ1) is 60.0. The third kappa shape index (κ3) is 10.6. The number of aromatic amines is 1. The Morgan fingerprint density at radius 2 is 1.74 bits per heavy atom. The number of ether oxygens (including phenoxy) is 6. The molecule has 1 aromatic heterocycles. The number of amides is 2. The van der Waals surface area contributed by atoms with Crippen LogP contribution in [-0.4, -0.2) is 193 Å². The van der Waals surface area contributed by atoms with Crippen LogP contribution in [0.1, 0.15) is 114 Å². The summed E-state index contributed by atoms with van der Waals surface area (Å²) in [5.41, 5.74) is -2.49. The van der Waals surface area contributed by atoms with Gasteiger partial charge in [-0.05, 0) is 100 Å². The van der Waals surface area contributed by atoms with Gasteiger partial charge < -0.3 is 69.8 Å². The zero-order chi connectivity index (χ0) is 58.1. The number of benzene rings is 2. The average Bonchev–Trinajstić information content (AvgIpc) is 2.32. The van der Waals surface area contributed by atoms with Crippen LogP contribution in [-0.2, 0) is 64.9 Å². The molecule has 6 heterocycles. The van der Waals surface area contributed by atoms with Crippen LogP contribution in [0.2, 0.25) is 0 Å². The molecule has 21 heteroatoms. The van der Waals surface area contributed by atoms with Crippen LogP contribution in [0, 0.1) is 11.3 Å². The number of carbonyl (C=O) groups is 5. The van der Waals surface area contributed by atoms with Crippen LogP contribution in [0.15, 0.2) is 48.6 Å². The molecular weight excluding hydrogens is 1040 g/mol. The van der Waals surface area contributed by atoms with Gasteiger partial charge in [-0.3, -0.25) is 29.0 Å². The second-order valence-electron chi connectivity index (χ2n) is 23.3. The topological polar surface area (TPSA) is 280 Å². The fourth-order valence-corrected chi connectivity index (χ4v) is 14.9. The number of piperidine rings is 1. The van der Waals surface area contributed by atoms with Crippen LogP contribution in [0.25, 0.3) is 10.9 Å². The Morgan fingerprint density at radius 3 is 2.46 bits per heavy atom. The molecular formula is C60H84N6O15. The van der Waals surface area contributed by atoms with Gasteiger partial charge in [0.1, 0.15) is 29.9 Å². The molecule has 81 heavy (non-hydrogen) atoms. The molecule has 444 valence electrons. The minimum atomic E-state index is -2.43. The number of methoxy groups -OCH3 is 3. The van der Waals surface area contributed by atoms with E-state index in [1.165, 1.54) is 21.1 Å². The summed E-state index contributed by atoms with van der Waals surface area (Å²) in [6, 6.07) is 9.47. The number of nitrogens with one attached hydrogen (secondary N) is 4. The Kier molecular flexibility index (Phi) is 18.0. The number of H-pyrrole nitrogens is 1. The fraction of sp³-hybridized carbons (Fsp3) is 0.650. The van der Waals surface area contributed by atoms with Crippen LogP contribution in [0.4, 0.5) is 5.69 Å². The minimum absolute atomic E-state index is 0.0365. The van der Waals surface area contributed by atoms with Crippen molar-refractivity contribution in [3.8, 4) is 5.75 Å². The summed E-state index contributed by atoms with van der Waals surface area (Å²) in [6.07, 6.45) is 4.56. The summed E-state index contributed by atoms with van der Waals surface area (Å²) in [5.74, 6) is -2.80. The lowest BCUT2D eigenvalue weighted by molar-refractivity contribution is -0.200. The number of aromatic nitrogens is 1. The summed E-state index contributed by atoms with van der Waals surface area (Å²) in [5, 5.41) is 57.7. The Morgan fingerprint density at radius 1 is 0.951 bits per heavy atom. The number of aliphatic hydroxyl groups excluding tert-OH is 2. The number of aliphatic hydroxyl groups is 4. The quantitative estimate of drug-likeness (QED) is 0.0222. The van der Waals surface area contributed by atoms with Crippen molar-refractivity contribution in [1.29, 1.82) is 0 Å². The van der Waals surface area contributed by atoms with E-state index in [1.807, 2.05) is 63.3 Å². The molecule has 1 aliphatic carbocycles. The Labute approximate surface area is 473 Å². The van der Waals surface area contributed by atoms with Gasteiger partial charge in [0, 0.05) is 103 Å². The molecule has 1 spiro atoms. The smallest absolute Gasteiger partial charge is 0.328 e. The number of hydrogen-bond donors (Lipinski definition) is 8. The number of hydrogen-bond acceptors (Lipinski definition) is 18. The van der Waals surface area contributed by atoms with Gasteiger partial charge >= 0.3 is 17.9 Å². The highest BCUT2D eigenvalue weighted by molar-refractivity contribution is 5.95. The van der Waals surface area contributed by atoms with E-state index < -0.39 is 93.8 Å². The normalized spacial score (nSPS) is 31.1. The number of nitrogens with zero attached hydrogens (tertiary/aromatic N) is 2. The molecule has 1 saturated carbocycles. The van der Waals surface area contributed by atoms with Gasteiger partial charge in [-0.1, -0.05) is 51.1 Å². The first-order valence-electron chi connectivity index (χ1n) is 29.0. The van der Waals surface area contributed by atoms with E-state index >= 15 is 9.59 Å². The molecule has 2 amide bonds. The van der Waals surface area contributed by atoms with Crippen LogP contribution < -0.4 is 20.7 Å². The monoisotopic (exact) mass is 1130 g/mol. The van der Waals surface area contributed by atoms with E-state index in [1.54, 1.807) is 7.11 Å². The molecule has 0 radical (unpaired) electrons. The van der Waals surface area contributed by atoms with Gasteiger partial charge in [-0.25, -0.2) is 4.79 Å². The number of esters is 3. The van der Waals surface area contributed by atoms with Crippen molar-refractivity contribution in [1.82, 2.24) is 25.4 Å². The van der Waals surface area contributed by atoms with Gasteiger partial charge in [0.25, 0.3) is 5.91 Å². The SMILES string of the molecule is CCC(CO)OC(COC(=O)CCCC(=O)N[C@H](C)C(=O)OCCCNC(=O)[C@]1(O)C2Nc3cc(OC)c([C@@]4(C(=O)OC)C[C@@H]5CN(CCc6c4[nH]c4ccccc64)CC(O)(CC)C5)cc3[C@@]23CCN2CC=C[C@](CC)(C23)[C@H]1O)OC. The zero-order valence-electron chi connectivity index (χ0n) is 48.0. The van der Waals surface area contributed by atoms with Gasteiger partial charge in [-0.15, -0.1) is 0 Å². The third-order valence-corrected chi connectivity index (χ3v) is 18.8. The van der Waals surface area contributed by atoms with E-state index in [2.05, 4.69) is 36.8 Å².